The van der Waals surface area contributed by atoms with E-state index in [4.69, 9.17) is 34.8 Å². The van der Waals surface area contributed by atoms with Gasteiger partial charge in [-0.15, -0.1) is 0 Å². The predicted octanol–water partition coefficient (Wildman–Crippen LogP) is 4.49. The van der Waals surface area contributed by atoms with Crippen LogP contribution in [0.25, 0.3) is 0 Å². The number of carbonyl (C=O) groups is 1. The first-order valence-corrected chi connectivity index (χ1v) is 12.5. The lowest BCUT2D eigenvalue weighted by molar-refractivity contribution is -0.117. The Morgan fingerprint density at radius 3 is 2.62 bits per heavy atom. The average Bonchev–Trinajstić information content (AvgIpc) is 3.10. The standard InChI is InChI=1S/C19H15Cl3N2O3S2/c20-12-5-6-14(22)15(8-12)24-16-9-29(26,27)10-17(16)28-19(24)23-18(25)7-11-3-1-2-4-13(11)21/h1-6,8,16-17H,7,9-10H2. The molecular weight excluding hydrogens is 475 g/mol. The summed E-state index contributed by atoms with van der Waals surface area (Å²) in [4.78, 5) is 18.7. The number of carbonyl (C=O) groups excluding carboxylic acids is 1. The Morgan fingerprint density at radius 1 is 1.10 bits per heavy atom. The van der Waals surface area contributed by atoms with Crippen LogP contribution < -0.4 is 4.90 Å². The van der Waals surface area contributed by atoms with Crippen molar-refractivity contribution in [3.63, 3.8) is 0 Å². The van der Waals surface area contributed by atoms with Crippen LogP contribution in [-0.4, -0.2) is 42.3 Å². The number of benzene rings is 2. The number of rotatable bonds is 3. The molecule has 0 spiro atoms. The van der Waals surface area contributed by atoms with Gasteiger partial charge in [0, 0.05) is 15.3 Å². The number of amidine groups is 1. The van der Waals surface area contributed by atoms with Gasteiger partial charge in [-0.2, -0.15) is 4.99 Å². The van der Waals surface area contributed by atoms with Gasteiger partial charge in [-0.3, -0.25) is 4.79 Å². The Labute approximate surface area is 188 Å². The maximum absolute atomic E-state index is 12.6. The van der Waals surface area contributed by atoms with Crippen molar-refractivity contribution in [2.24, 2.45) is 4.99 Å². The maximum atomic E-state index is 12.6. The van der Waals surface area contributed by atoms with Crippen LogP contribution >= 0.6 is 46.6 Å². The Bertz CT molecular complexity index is 1120. The van der Waals surface area contributed by atoms with Crippen molar-refractivity contribution in [1.82, 2.24) is 0 Å². The van der Waals surface area contributed by atoms with Gasteiger partial charge in [0.25, 0.3) is 5.91 Å². The van der Waals surface area contributed by atoms with Crippen LogP contribution in [0, 0.1) is 0 Å². The molecule has 10 heteroatoms. The molecule has 2 heterocycles. The lowest BCUT2D eigenvalue weighted by Gasteiger charge is -2.25. The predicted molar refractivity (Wildman–Crippen MR) is 120 cm³/mol. The molecule has 0 radical (unpaired) electrons. The third-order valence-electron chi connectivity index (χ3n) is 4.75. The zero-order valence-corrected chi connectivity index (χ0v) is 18.8. The maximum Gasteiger partial charge on any atom is 0.252 e. The number of amides is 1. The smallest absolute Gasteiger partial charge is 0.252 e. The topological polar surface area (TPSA) is 66.8 Å². The van der Waals surface area contributed by atoms with Crippen molar-refractivity contribution in [3.8, 4) is 0 Å². The van der Waals surface area contributed by atoms with E-state index in [1.54, 1.807) is 47.4 Å². The third kappa shape index (κ3) is 4.44. The minimum absolute atomic E-state index is 0.0226. The molecule has 1 amide bonds. The summed E-state index contributed by atoms with van der Waals surface area (Å²) in [6.07, 6.45) is 0.0501. The minimum atomic E-state index is -3.17. The van der Waals surface area contributed by atoms with E-state index in [0.29, 0.717) is 31.5 Å². The first kappa shape index (κ1) is 21.0. The van der Waals surface area contributed by atoms with E-state index in [2.05, 4.69) is 4.99 Å². The molecule has 0 saturated carbocycles. The summed E-state index contributed by atoms with van der Waals surface area (Å²) >= 11 is 19.9. The molecule has 2 saturated heterocycles. The number of hydrogen-bond donors (Lipinski definition) is 0. The summed E-state index contributed by atoms with van der Waals surface area (Å²) in [7, 11) is -3.17. The highest BCUT2D eigenvalue weighted by atomic mass is 35.5. The largest absolute Gasteiger partial charge is 0.314 e. The summed E-state index contributed by atoms with van der Waals surface area (Å²) in [5, 5.41) is 1.57. The molecule has 2 aliphatic heterocycles. The number of nitrogens with zero attached hydrogens (tertiary/aromatic N) is 2. The Hall–Kier alpha value is -1.25. The van der Waals surface area contributed by atoms with Crippen LogP contribution in [0.4, 0.5) is 5.69 Å². The second kappa shape index (κ2) is 8.12. The second-order valence-electron chi connectivity index (χ2n) is 6.82. The summed E-state index contributed by atoms with van der Waals surface area (Å²) in [6, 6.07) is 11.7. The van der Waals surface area contributed by atoms with Crippen molar-refractivity contribution < 1.29 is 13.2 Å². The molecule has 2 atom stereocenters. The zero-order valence-electron chi connectivity index (χ0n) is 14.9. The number of hydrogen-bond acceptors (Lipinski definition) is 4. The molecule has 0 aromatic heterocycles. The molecule has 5 nitrogen and oxygen atoms in total. The molecule has 0 aliphatic carbocycles. The number of thioether (sulfide) groups is 1. The van der Waals surface area contributed by atoms with Gasteiger partial charge in [-0.25, -0.2) is 8.42 Å². The van der Waals surface area contributed by atoms with E-state index >= 15 is 0 Å². The SMILES string of the molecule is O=C(Cc1ccccc1Cl)N=C1SC2CS(=O)(=O)CC2N1c1cc(Cl)ccc1Cl. The van der Waals surface area contributed by atoms with Crippen LogP contribution in [0.3, 0.4) is 0 Å². The fourth-order valence-corrected chi connectivity index (χ4v) is 7.97. The number of aliphatic imine (C=N–C) groups is 1. The molecule has 2 aromatic carbocycles. The van der Waals surface area contributed by atoms with Gasteiger partial charge in [-0.1, -0.05) is 64.8 Å². The van der Waals surface area contributed by atoms with E-state index in [1.165, 1.54) is 11.8 Å². The monoisotopic (exact) mass is 488 g/mol. The Kier molecular flexibility index (Phi) is 5.88. The lowest BCUT2D eigenvalue weighted by Crippen LogP contribution is -2.38. The van der Waals surface area contributed by atoms with Gasteiger partial charge in [0.1, 0.15) is 0 Å². The molecule has 0 N–H and O–H groups in total. The third-order valence-corrected chi connectivity index (χ3v) is 8.89. The van der Waals surface area contributed by atoms with Gasteiger partial charge < -0.3 is 4.90 Å². The molecule has 2 aliphatic rings. The lowest BCUT2D eigenvalue weighted by atomic mass is 10.1. The van der Waals surface area contributed by atoms with Crippen molar-refractivity contribution >= 4 is 73.2 Å². The number of sulfone groups is 1. The van der Waals surface area contributed by atoms with E-state index in [-0.39, 0.29) is 35.1 Å². The quantitative estimate of drug-likeness (QED) is 0.635. The van der Waals surface area contributed by atoms with Crippen LogP contribution in [0.1, 0.15) is 5.56 Å². The normalized spacial score (nSPS) is 24.1. The zero-order chi connectivity index (χ0) is 20.8. The molecule has 29 heavy (non-hydrogen) atoms. The van der Waals surface area contributed by atoms with E-state index in [0.717, 1.165) is 0 Å². The van der Waals surface area contributed by atoms with Gasteiger partial charge in [0.05, 0.1) is 34.7 Å². The second-order valence-corrected chi connectivity index (χ2v) is 11.4. The molecule has 0 bridgehead atoms. The molecule has 152 valence electrons. The van der Waals surface area contributed by atoms with Crippen LogP contribution in [0.5, 0.6) is 0 Å². The van der Waals surface area contributed by atoms with Crippen molar-refractivity contribution in [2.75, 3.05) is 16.4 Å². The van der Waals surface area contributed by atoms with Crippen LogP contribution in [0.2, 0.25) is 15.1 Å². The van der Waals surface area contributed by atoms with Crippen molar-refractivity contribution in [3.05, 3.63) is 63.1 Å². The highest BCUT2D eigenvalue weighted by Crippen LogP contribution is 2.43. The van der Waals surface area contributed by atoms with Gasteiger partial charge >= 0.3 is 0 Å². The van der Waals surface area contributed by atoms with Gasteiger partial charge in [-0.05, 0) is 29.8 Å². The first-order chi connectivity index (χ1) is 13.7. The summed E-state index contributed by atoms with van der Waals surface area (Å²) in [5.74, 6) is -0.355. The Balaban J connectivity index is 1.70. The highest BCUT2D eigenvalue weighted by Gasteiger charge is 2.49. The average molecular weight is 490 g/mol. The molecule has 2 aromatic rings. The number of fused-ring (bicyclic) bond motifs is 1. The van der Waals surface area contributed by atoms with E-state index < -0.39 is 9.84 Å². The molecule has 2 fully saturated rings. The summed E-state index contributed by atoms with van der Waals surface area (Å²) < 4.78 is 24.3. The summed E-state index contributed by atoms with van der Waals surface area (Å²) in [6.45, 7) is 0. The van der Waals surface area contributed by atoms with Gasteiger partial charge in [0.15, 0.2) is 15.0 Å². The van der Waals surface area contributed by atoms with Gasteiger partial charge in [0.2, 0.25) is 0 Å². The fraction of sp³-hybridized carbons (Fsp3) is 0.263. The minimum Gasteiger partial charge on any atom is -0.314 e. The van der Waals surface area contributed by atoms with E-state index in [9.17, 15) is 13.2 Å². The fourth-order valence-electron chi connectivity index (χ4n) is 3.47. The Morgan fingerprint density at radius 2 is 1.86 bits per heavy atom. The molecule has 4 rings (SSSR count). The first-order valence-electron chi connectivity index (χ1n) is 8.70. The van der Waals surface area contributed by atoms with Crippen LogP contribution in [-0.2, 0) is 21.1 Å². The molecular formula is C19H15Cl3N2O3S2. The number of anilines is 1. The molecule has 2 unspecified atom stereocenters. The van der Waals surface area contributed by atoms with E-state index in [1.807, 2.05) is 0 Å². The van der Waals surface area contributed by atoms with Crippen LogP contribution in [0.15, 0.2) is 47.5 Å². The highest BCUT2D eigenvalue weighted by molar-refractivity contribution is 8.16. The van der Waals surface area contributed by atoms with Crippen molar-refractivity contribution in [2.45, 2.75) is 17.7 Å². The number of halogens is 3. The van der Waals surface area contributed by atoms with Crippen molar-refractivity contribution in [1.29, 1.82) is 0 Å². The summed E-state index contributed by atoms with van der Waals surface area (Å²) in [5.41, 5.74) is 1.22.